The van der Waals surface area contributed by atoms with Crippen LogP contribution in [0.1, 0.15) is 28.8 Å². The summed E-state index contributed by atoms with van der Waals surface area (Å²) in [6.07, 6.45) is 6.90. The Labute approximate surface area is 167 Å². The predicted octanol–water partition coefficient (Wildman–Crippen LogP) is 3.15. The van der Waals surface area contributed by atoms with Gasteiger partial charge in [0.1, 0.15) is 5.56 Å². The minimum Gasteiger partial charge on any atom is -0.396 e. The zero-order valence-electron chi connectivity index (χ0n) is 15.6. The van der Waals surface area contributed by atoms with Gasteiger partial charge in [-0.25, -0.2) is 9.50 Å². The van der Waals surface area contributed by atoms with Gasteiger partial charge in [0.2, 0.25) is 0 Å². The second kappa shape index (κ2) is 7.77. The number of hydrogen-bond acceptors (Lipinski definition) is 5. The third kappa shape index (κ3) is 3.68. The number of benzene rings is 1. The first-order valence-corrected chi connectivity index (χ1v) is 9.69. The van der Waals surface area contributed by atoms with Gasteiger partial charge in [-0.2, -0.15) is 5.10 Å². The highest BCUT2D eigenvalue weighted by Gasteiger charge is 2.22. The van der Waals surface area contributed by atoms with Crippen molar-refractivity contribution >= 4 is 34.5 Å². The summed E-state index contributed by atoms with van der Waals surface area (Å²) in [4.78, 5) is 19.5. The van der Waals surface area contributed by atoms with Crippen LogP contribution in [0.15, 0.2) is 36.8 Å². The van der Waals surface area contributed by atoms with E-state index in [9.17, 15) is 9.90 Å². The summed E-state index contributed by atoms with van der Waals surface area (Å²) in [6.45, 7) is 3.80. The minimum atomic E-state index is -0.278. The molecule has 0 bridgehead atoms. The smallest absolute Gasteiger partial charge is 0.261 e. The molecule has 1 aliphatic heterocycles. The zero-order chi connectivity index (χ0) is 19.7. The summed E-state index contributed by atoms with van der Waals surface area (Å²) < 4.78 is 1.60. The maximum absolute atomic E-state index is 12.9. The molecule has 8 heteroatoms. The fourth-order valence-corrected chi connectivity index (χ4v) is 3.73. The number of aliphatic hydroxyl groups is 1. The number of amides is 1. The van der Waals surface area contributed by atoms with Gasteiger partial charge in [0, 0.05) is 37.1 Å². The van der Waals surface area contributed by atoms with Crippen LogP contribution in [-0.2, 0) is 0 Å². The fourth-order valence-electron chi connectivity index (χ4n) is 3.56. The van der Waals surface area contributed by atoms with Crippen LogP contribution in [0, 0.1) is 12.8 Å². The van der Waals surface area contributed by atoms with Crippen molar-refractivity contribution in [3.8, 4) is 0 Å². The number of rotatable bonds is 4. The van der Waals surface area contributed by atoms with Gasteiger partial charge in [0.05, 0.1) is 17.6 Å². The first kappa shape index (κ1) is 18.7. The number of anilines is 2. The summed E-state index contributed by atoms with van der Waals surface area (Å²) in [5.41, 5.74) is 3.46. The van der Waals surface area contributed by atoms with Gasteiger partial charge in [-0.05, 0) is 49.4 Å². The summed E-state index contributed by atoms with van der Waals surface area (Å²) in [6, 6.07) is 5.51. The number of nitrogens with zero attached hydrogens (tertiary/aromatic N) is 4. The van der Waals surface area contributed by atoms with Crippen LogP contribution in [0.3, 0.4) is 0 Å². The number of nitrogens with one attached hydrogen (secondary N) is 1. The Kier molecular flexibility index (Phi) is 5.19. The second-order valence-corrected chi connectivity index (χ2v) is 7.62. The lowest BCUT2D eigenvalue weighted by molar-refractivity contribution is 0.102. The third-order valence-corrected chi connectivity index (χ3v) is 5.39. The molecule has 0 spiro atoms. The molecule has 3 aromatic rings. The SMILES string of the molecule is Cc1cnc2c(C(=O)Nc3cc(Cl)ccc3N3CCC(CO)CC3)cnn2c1. The summed E-state index contributed by atoms with van der Waals surface area (Å²) >= 11 is 6.19. The van der Waals surface area contributed by atoms with Gasteiger partial charge in [0.25, 0.3) is 5.91 Å². The van der Waals surface area contributed by atoms with Crippen LogP contribution in [0.4, 0.5) is 11.4 Å². The van der Waals surface area contributed by atoms with E-state index >= 15 is 0 Å². The lowest BCUT2D eigenvalue weighted by Gasteiger charge is -2.34. The molecule has 7 nitrogen and oxygen atoms in total. The molecule has 0 saturated carbocycles. The molecule has 1 fully saturated rings. The topological polar surface area (TPSA) is 82.8 Å². The molecule has 1 saturated heterocycles. The van der Waals surface area contributed by atoms with E-state index in [4.69, 9.17) is 11.6 Å². The summed E-state index contributed by atoms with van der Waals surface area (Å²) in [5, 5.41) is 17.1. The molecule has 2 N–H and O–H groups in total. The normalized spacial score (nSPS) is 15.2. The fraction of sp³-hybridized carbons (Fsp3) is 0.350. The molecular weight excluding hydrogens is 378 g/mol. The molecule has 146 valence electrons. The van der Waals surface area contributed by atoms with Crippen molar-refractivity contribution in [2.24, 2.45) is 5.92 Å². The van der Waals surface area contributed by atoms with E-state index in [1.165, 1.54) is 6.20 Å². The molecule has 4 rings (SSSR count). The van der Waals surface area contributed by atoms with E-state index in [1.807, 2.05) is 25.3 Å². The van der Waals surface area contributed by atoms with E-state index in [-0.39, 0.29) is 12.5 Å². The maximum Gasteiger partial charge on any atom is 0.261 e. The summed E-state index contributed by atoms with van der Waals surface area (Å²) in [7, 11) is 0. The minimum absolute atomic E-state index is 0.221. The summed E-state index contributed by atoms with van der Waals surface area (Å²) in [5.74, 6) is 0.0648. The van der Waals surface area contributed by atoms with Crippen molar-refractivity contribution in [3.05, 3.63) is 52.9 Å². The number of carbonyl (C=O) groups excluding carboxylic acids is 1. The highest BCUT2D eigenvalue weighted by Crippen LogP contribution is 2.32. The quantitative estimate of drug-likeness (QED) is 0.704. The van der Waals surface area contributed by atoms with E-state index in [1.54, 1.807) is 16.8 Å². The van der Waals surface area contributed by atoms with Crippen molar-refractivity contribution in [3.63, 3.8) is 0 Å². The molecule has 1 aliphatic rings. The highest BCUT2D eigenvalue weighted by atomic mass is 35.5. The number of aromatic nitrogens is 3. The van der Waals surface area contributed by atoms with Gasteiger partial charge in [0.15, 0.2) is 5.65 Å². The number of fused-ring (bicyclic) bond motifs is 1. The first-order chi connectivity index (χ1) is 13.5. The van der Waals surface area contributed by atoms with E-state index < -0.39 is 0 Å². The van der Waals surface area contributed by atoms with Crippen molar-refractivity contribution < 1.29 is 9.90 Å². The van der Waals surface area contributed by atoms with Crippen molar-refractivity contribution in [1.29, 1.82) is 0 Å². The highest BCUT2D eigenvalue weighted by molar-refractivity contribution is 6.31. The van der Waals surface area contributed by atoms with E-state index in [0.717, 1.165) is 37.2 Å². The second-order valence-electron chi connectivity index (χ2n) is 7.19. The monoisotopic (exact) mass is 399 g/mol. The Morgan fingerprint density at radius 3 is 2.86 bits per heavy atom. The molecule has 2 aromatic heterocycles. The Bertz CT molecular complexity index is 1010. The third-order valence-electron chi connectivity index (χ3n) is 5.15. The molecule has 1 amide bonds. The number of carbonyl (C=O) groups is 1. The van der Waals surface area contributed by atoms with Crippen LogP contribution in [0.5, 0.6) is 0 Å². The van der Waals surface area contributed by atoms with Crippen molar-refractivity contribution in [1.82, 2.24) is 14.6 Å². The van der Waals surface area contributed by atoms with Crippen LogP contribution < -0.4 is 10.2 Å². The van der Waals surface area contributed by atoms with Crippen molar-refractivity contribution in [2.75, 3.05) is 29.9 Å². The standard InChI is InChI=1S/C20H22ClN5O2/c1-13-9-22-19-16(10-23-26(19)11-13)20(28)24-17-8-15(21)2-3-18(17)25-6-4-14(12-27)5-7-25/h2-3,8-11,14,27H,4-7,12H2,1H3,(H,24,28). The van der Waals surface area contributed by atoms with Gasteiger partial charge < -0.3 is 15.3 Å². The molecule has 28 heavy (non-hydrogen) atoms. The molecule has 0 atom stereocenters. The Morgan fingerprint density at radius 2 is 2.11 bits per heavy atom. The molecule has 3 heterocycles. The lowest BCUT2D eigenvalue weighted by Crippen LogP contribution is -2.35. The Morgan fingerprint density at radius 1 is 1.32 bits per heavy atom. The van der Waals surface area contributed by atoms with Gasteiger partial charge >= 0.3 is 0 Å². The lowest BCUT2D eigenvalue weighted by atomic mass is 9.97. The average molecular weight is 400 g/mol. The van der Waals surface area contributed by atoms with Crippen LogP contribution in [0.2, 0.25) is 5.02 Å². The Balaban J connectivity index is 1.60. The molecular formula is C20H22ClN5O2. The average Bonchev–Trinajstić information content (AvgIpc) is 3.11. The number of aliphatic hydroxyl groups excluding tert-OH is 1. The van der Waals surface area contributed by atoms with Crippen LogP contribution in [-0.4, -0.2) is 45.3 Å². The maximum atomic E-state index is 12.9. The van der Waals surface area contributed by atoms with Crippen LogP contribution in [0.25, 0.3) is 5.65 Å². The predicted molar refractivity (Wildman–Crippen MR) is 109 cm³/mol. The van der Waals surface area contributed by atoms with Gasteiger partial charge in [-0.1, -0.05) is 11.6 Å². The van der Waals surface area contributed by atoms with E-state index in [2.05, 4.69) is 20.3 Å². The largest absolute Gasteiger partial charge is 0.396 e. The van der Waals surface area contributed by atoms with Crippen LogP contribution >= 0.6 is 11.6 Å². The molecule has 0 unspecified atom stereocenters. The number of aryl methyl sites for hydroxylation is 1. The van der Waals surface area contributed by atoms with Gasteiger partial charge in [-0.15, -0.1) is 0 Å². The van der Waals surface area contributed by atoms with Crippen molar-refractivity contribution in [2.45, 2.75) is 19.8 Å². The zero-order valence-corrected chi connectivity index (χ0v) is 16.4. The molecule has 0 radical (unpaired) electrons. The van der Waals surface area contributed by atoms with E-state index in [0.29, 0.717) is 27.8 Å². The molecule has 0 aliphatic carbocycles. The number of hydrogen-bond donors (Lipinski definition) is 2. The first-order valence-electron chi connectivity index (χ1n) is 9.32. The number of halogens is 1. The molecule has 1 aromatic carbocycles. The van der Waals surface area contributed by atoms with Gasteiger partial charge in [-0.3, -0.25) is 4.79 Å². The number of piperidine rings is 1. The Hall–Kier alpha value is -2.64.